The number of alkyl halides is 3. The molecule has 8 heteroatoms. The molecule has 0 bridgehead atoms. The molecular formula is C18H12F3NO4. The molecule has 1 aromatic heterocycles. The predicted molar refractivity (Wildman–Crippen MR) is 86.5 cm³/mol. The maximum atomic E-state index is 12.8. The summed E-state index contributed by atoms with van der Waals surface area (Å²) in [6, 6.07) is 9.53. The van der Waals surface area contributed by atoms with Gasteiger partial charge in [-0.05, 0) is 42.8 Å². The number of carbonyl (C=O) groups excluding carboxylic acids is 1. The first-order chi connectivity index (χ1) is 12.2. The number of carboxylic acid groups (broad SMARTS) is 1. The van der Waals surface area contributed by atoms with Gasteiger partial charge in [0.1, 0.15) is 5.75 Å². The smallest absolute Gasteiger partial charge is 0.478 e. The minimum absolute atomic E-state index is 0.0208. The number of nitrogens with zero attached hydrogens (tertiary/aromatic N) is 1. The second kappa shape index (κ2) is 6.21. The molecular weight excluding hydrogens is 351 g/mol. The summed E-state index contributed by atoms with van der Waals surface area (Å²) in [6.45, 7) is 1.54. The molecule has 0 saturated heterocycles. The van der Waals surface area contributed by atoms with Crippen molar-refractivity contribution in [1.29, 1.82) is 0 Å². The fourth-order valence-corrected chi connectivity index (χ4v) is 2.81. The molecule has 2 aromatic carbocycles. The van der Waals surface area contributed by atoms with Crippen LogP contribution in [0.3, 0.4) is 0 Å². The lowest BCUT2D eigenvalue weighted by molar-refractivity contribution is -0.274. The molecule has 5 nitrogen and oxygen atoms in total. The summed E-state index contributed by atoms with van der Waals surface area (Å²) in [4.78, 5) is 24.1. The van der Waals surface area contributed by atoms with Crippen molar-refractivity contribution in [3.05, 3.63) is 65.4 Å². The maximum absolute atomic E-state index is 12.8. The largest absolute Gasteiger partial charge is 0.573 e. The van der Waals surface area contributed by atoms with E-state index in [9.17, 15) is 27.9 Å². The van der Waals surface area contributed by atoms with Crippen LogP contribution in [0.25, 0.3) is 10.9 Å². The SMILES string of the molecule is Cc1cc(OC(F)(F)F)cc2ccn(C(=O)c3ccccc3C(=O)O)c12. The van der Waals surface area contributed by atoms with E-state index < -0.39 is 24.0 Å². The number of carbonyl (C=O) groups is 2. The first-order valence-corrected chi connectivity index (χ1v) is 7.42. The number of aromatic nitrogens is 1. The molecule has 1 N–H and O–H groups in total. The van der Waals surface area contributed by atoms with Crippen LogP contribution in [0.2, 0.25) is 0 Å². The maximum Gasteiger partial charge on any atom is 0.573 e. The summed E-state index contributed by atoms with van der Waals surface area (Å²) >= 11 is 0. The number of hydrogen-bond acceptors (Lipinski definition) is 3. The summed E-state index contributed by atoms with van der Waals surface area (Å²) in [5.74, 6) is -2.23. The zero-order chi connectivity index (χ0) is 19.1. The number of ether oxygens (including phenoxy) is 1. The monoisotopic (exact) mass is 363 g/mol. The molecule has 0 aliphatic carbocycles. The summed E-state index contributed by atoms with van der Waals surface area (Å²) in [5, 5.41) is 9.61. The first kappa shape index (κ1) is 17.5. The van der Waals surface area contributed by atoms with Crippen molar-refractivity contribution in [3.63, 3.8) is 0 Å². The number of carboxylic acids is 1. The van der Waals surface area contributed by atoms with Crippen LogP contribution in [0, 0.1) is 6.92 Å². The van der Waals surface area contributed by atoms with E-state index in [1.807, 2.05) is 0 Å². The van der Waals surface area contributed by atoms with E-state index in [2.05, 4.69) is 4.74 Å². The molecule has 0 unspecified atom stereocenters. The Bertz CT molecular complexity index is 1020. The topological polar surface area (TPSA) is 68.5 Å². The Balaban J connectivity index is 2.10. The van der Waals surface area contributed by atoms with Crippen molar-refractivity contribution < 1.29 is 32.6 Å². The molecule has 0 fully saturated rings. The molecule has 0 radical (unpaired) electrons. The highest BCUT2D eigenvalue weighted by atomic mass is 19.4. The zero-order valence-electron chi connectivity index (χ0n) is 13.4. The van der Waals surface area contributed by atoms with Crippen LogP contribution in [-0.4, -0.2) is 27.9 Å². The average Bonchev–Trinajstić information content (AvgIpc) is 2.97. The molecule has 0 saturated carbocycles. The van der Waals surface area contributed by atoms with Crippen molar-refractivity contribution in [2.24, 2.45) is 0 Å². The second-order valence-corrected chi connectivity index (χ2v) is 5.57. The van der Waals surface area contributed by atoms with Crippen LogP contribution in [0.5, 0.6) is 5.75 Å². The number of fused-ring (bicyclic) bond motifs is 1. The van der Waals surface area contributed by atoms with Crippen LogP contribution in [0.1, 0.15) is 26.3 Å². The molecule has 0 aliphatic rings. The number of aromatic carboxylic acids is 1. The van der Waals surface area contributed by atoms with Gasteiger partial charge in [-0.1, -0.05) is 12.1 Å². The van der Waals surface area contributed by atoms with Gasteiger partial charge in [0.15, 0.2) is 0 Å². The molecule has 26 heavy (non-hydrogen) atoms. The quantitative estimate of drug-likeness (QED) is 0.756. The Morgan fingerprint density at radius 2 is 1.73 bits per heavy atom. The standard InChI is InChI=1S/C18H12F3NO4/c1-10-8-12(26-18(19,20)21)9-11-6-7-22(15(10)11)16(23)13-4-2-3-5-14(13)17(24)25/h2-9H,1H3,(H,24,25). The number of rotatable bonds is 3. The van der Waals surface area contributed by atoms with Gasteiger partial charge in [-0.15, -0.1) is 13.2 Å². The van der Waals surface area contributed by atoms with Crippen LogP contribution < -0.4 is 4.74 Å². The fourth-order valence-electron chi connectivity index (χ4n) is 2.81. The lowest BCUT2D eigenvalue weighted by atomic mass is 10.1. The first-order valence-electron chi connectivity index (χ1n) is 7.42. The van der Waals surface area contributed by atoms with Gasteiger partial charge in [-0.3, -0.25) is 9.36 Å². The van der Waals surface area contributed by atoms with Crippen LogP contribution >= 0.6 is 0 Å². The van der Waals surface area contributed by atoms with Crippen molar-refractivity contribution in [1.82, 2.24) is 4.57 Å². The van der Waals surface area contributed by atoms with Gasteiger partial charge < -0.3 is 9.84 Å². The van der Waals surface area contributed by atoms with Gasteiger partial charge in [0, 0.05) is 11.6 Å². The molecule has 0 aliphatic heterocycles. The van der Waals surface area contributed by atoms with E-state index in [4.69, 9.17) is 0 Å². The van der Waals surface area contributed by atoms with E-state index in [1.54, 1.807) is 6.92 Å². The third-order valence-electron chi connectivity index (χ3n) is 3.79. The number of benzene rings is 2. The van der Waals surface area contributed by atoms with Crippen molar-refractivity contribution in [2.45, 2.75) is 13.3 Å². The van der Waals surface area contributed by atoms with Crippen LogP contribution in [0.15, 0.2) is 48.7 Å². The normalized spacial score (nSPS) is 11.5. The van der Waals surface area contributed by atoms with Gasteiger partial charge in [-0.2, -0.15) is 0 Å². The Kier molecular flexibility index (Phi) is 4.19. The Hall–Kier alpha value is -3.29. The second-order valence-electron chi connectivity index (χ2n) is 5.57. The van der Waals surface area contributed by atoms with E-state index in [1.165, 1.54) is 53.2 Å². The van der Waals surface area contributed by atoms with E-state index >= 15 is 0 Å². The van der Waals surface area contributed by atoms with E-state index in [0.29, 0.717) is 16.5 Å². The third kappa shape index (κ3) is 3.26. The number of aryl methyl sites for hydroxylation is 1. The van der Waals surface area contributed by atoms with Gasteiger partial charge in [0.25, 0.3) is 5.91 Å². The fraction of sp³-hybridized carbons (Fsp3) is 0.111. The van der Waals surface area contributed by atoms with Crippen LogP contribution in [0.4, 0.5) is 13.2 Å². The highest BCUT2D eigenvalue weighted by Crippen LogP contribution is 2.30. The number of halogens is 3. The minimum Gasteiger partial charge on any atom is -0.478 e. The molecule has 1 heterocycles. The van der Waals surface area contributed by atoms with E-state index in [0.717, 1.165) is 0 Å². The number of hydrogen-bond donors (Lipinski definition) is 1. The molecule has 134 valence electrons. The Morgan fingerprint density at radius 1 is 1.08 bits per heavy atom. The van der Waals surface area contributed by atoms with Gasteiger partial charge in [-0.25, -0.2) is 4.79 Å². The Morgan fingerprint density at radius 3 is 2.35 bits per heavy atom. The van der Waals surface area contributed by atoms with E-state index in [-0.39, 0.29) is 11.1 Å². The molecule has 3 rings (SSSR count). The highest BCUT2D eigenvalue weighted by Gasteiger charge is 2.31. The molecule has 0 atom stereocenters. The third-order valence-corrected chi connectivity index (χ3v) is 3.79. The van der Waals surface area contributed by atoms with Crippen molar-refractivity contribution in [3.8, 4) is 5.75 Å². The van der Waals surface area contributed by atoms with Gasteiger partial charge in [0.05, 0.1) is 16.6 Å². The van der Waals surface area contributed by atoms with Crippen molar-refractivity contribution >= 4 is 22.8 Å². The summed E-state index contributed by atoms with van der Waals surface area (Å²) in [5.41, 5.74) is 0.583. The summed E-state index contributed by atoms with van der Waals surface area (Å²) < 4.78 is 42.4. The minimum atomic E-state index is -4.82. The molecule has 0 spiro atoms. The summed E-state index contributed by atoms with van der Waals surface area (Å²) in [6.07, 6.45) is -3.44. The average molecular weight is 363 g/mol. The zero-order valence-corrected chi connectivity index (χ0v) is 13.4. The molecule has 3 aromatic rings. The summed E-state index contributed by atoms with van der Waals surface area (Å²) in [7, 11) is 0. The highest BCUT2D eigenvalue weighted by molar-refractivity contribution is 6.09. The van der Waals surface area contributed by atoms with Gasteiger partial charge >= 0.3 is 12.3 Å². The van der Waals surface area contributed by atoms with Crippen LogP contribution in [-0.2, 0) is 0 Å². The Labute approximate surface area is 145 Å². The van der Waals surface area contributed by atoms with Gasteiger partial charge in [0.2, 0.25) is 0 Å². The predicted octanol–water partition coefficient (Wildman–Crippen LogP) is 4.24. The lowest BCUT2D eigenvalue weighted by Gasteiger charge is -2.12. The molecule has 0 amide bonds. The van der Waals surface area contributed by atoms with Crippen molar-refractivity contribution in [2.75, 3.05) is 0 Å². The lowest BCUT2D eigenvalue weighted by Crippen LogP contribution is -2.17.